The summed E-state index contributed by atoms with van der Waals surface area (Å²) < 4.78 is 14.3. The van der Waals surface area contributed by atoms with Gasteiger partial charge in [-0.15, -0.1) is 0 Å². The minimum Gasteiger partial charge on any atom is -0.352 e. The Bertz CT molecular complexity index is 980. The summed E-state index contributed by atoms with van der Waals surface area (Å²) in [6, 6.07) is 16.5. The monoisotopic (exact) mass is 365 g/mol. The Morgan fingerprint density at radius 3 is 2.44 bits per heavy atom. The van der Waals surface area contributed by atoms with E-state index in [2.05, 4.69) is 10.4 Å². The predicted molar refractivity (Wildman–Crippen MR) is 102 cm³/mol. The van der Waals surface area contributed by atoms with Crippen molar-refractivity contribution in [2.45, 2.75) is 19.9 Å². The Morgan fingerprint density at radius 2 is 1.74 bits per heavy atom. The predicted octanol–water partition coefficient (Wildman–Crippen LogP) is 3.18. The molecular formula is C21H20FN3O2. The number of amides is 1. The molecule has 0 unspecified atom stereocenters. The molecule has 1 N–H and O–H groups in total. The second-order valence-electron chi connectivity index (χ2n) is 6.26. The van der Waals surface area contributed by atoms with Crippen molar-refractivity contribution in [3.63, 3.8) is 0 Å². The molecule has 0 spiro atoms. The molecular weight excluding hydrogens is 345 g/mol. The van der Waals surface area contributed by atoms with Crippen LogP contribution < -0.4 is 10.9 Å². The van der Waals surface area contributed by atoms with Gasteiger partial charge in [0.15, 0.2) is 0 Å². The lowest BCUT2D eigenvalue weighted by atomic mass is 10.1. The van der Waals surface area contributed by atoms with Crippen LogP contribution in [0.25, 0.3) is 11.3 Å². The molecule has 0 saturated carbocycles. The molecule has 138 valence electrons. The third-order valence-corrected chi connectivity index (χ3v) is 4.15. The molecule has 6 heteroatoms. The van der Waals surface area contributed by atoms with Gasteiger partial charge in [-0.05, 0) is 43.7 Å². The summed E-state index contributed by atoms with van der Waals surface area (Å²) in [6.07, 6.45) is 0.553. The molecule has 0 bridgehead atoms. The van der Waals surface area contributed by atoms with Gasteiger partial charge in [0.25, 0.3) is 11.5 Å². The molecule has 0 saturated heterocycles. The number of hydrogen-bond donors (Lipinski definition) is 1. The van der Waals surface area contributed by atoms with Crippen molar-refractivity contribution < 1.29 is 9.18 Å². The molecule has 1 aromatic heterocycles. The lowest BCUT2D eigenvalue weighted by Gasteiger charge is -2.08. The van der Waals surface area contributed by atoms with E-state index in [1.165, 1.54) is 35.0 Å². The maximum atomic E-state index is 12.9. The number of carbonyl (C=O) groups is 1. The van der Waals surface area contributed by atoms with Gasteiger partial charge in [0.2, 0.25) is 0 Å². The fourth-order valence-corrected chi connectivity index (χ4v) is 2.62. The van der Waals surface area contributed by atoms with Crippen LogP contribution in [-0.4, -0.2) is 22.2 Å². The highest BCUT2D eigenvalue weighted by Gasteiger charge is 2.06. The van der Waals surface area contributed by atoms with E-state index < -0.39 is 0 Å². The Morgan fingerprint density at radius 1 is 1.04 bits per heavy atom. The van der Waals surface area contributed by atoms with Gasteiger partial charge >= 0.3 is 0 Å². The average molecular weight is 365 g/mol. The fourth-order valence-electron chi connectivity index (χ4n) is 2.62. The zero-order chi connectivity index (χ0) is 19.2. The summed E-state index contributed by atoms with van der Waals surface area (Å²) >= 11 is 0. The van der Waals surface area contributed by atoms with Crippen molar-refractivity contribution in [1.29, 1.82) is 0 Å². The fraction of sp³-hybridized carbons (Fsp3) is 0.190. The maximum Gasteiger partial charge on any atom is 0.266 e. The number of carbonyl (C=O) groups excluding carboxylic acids is 1. The molecule has 0 aliphatic rings. The van der Waals surface area contributed by atoms with Crippen molar-refractivity contribution in [2.75, 3.05) is 6.54 Å². The Labute approximate surface area is 156 Å². The van der Waals surface area contributed by atoms with Crippen molar-refractivity contribution in [3.05, 3.63) is 88.0 Å². The van der Waals surface area contributed by atoms with Crippen LogP contribution in [0.4, 0.5) is 4.39 Å². The van der Waals surface area contributed by atoms with E-state index in [1.54, 1.807) is 6.07 Å². The Kier molecular flexibility index (Phi) is 5.76. The number of rotatable bonds is 6. The summed E-state index contributed by atoms with van der Waals surface area (Å²) in [4.78, 5) is 24.0. The number of nitrogens with one attached hydrogen (secondary N) is 1. The average Bonchev–Trinajstić information content (AvgIpc) is 2.67. The van der Waals surface area contributed by atoms with Crippen LogP contribution >= 0.6 is 0 Å². The second kappa shape index (κ2) is 8.40. The molecule has 27 heavy (non-hydrogen) atoms. The summed E-state index contributed by atoms with van der Waals surface area (Å²) in [5, 5.41) is 7.16. The summed E-state index contributed by atoms with van der Waals surface area (Å²) in [6.45, 7) is 2.79. The first-order valence-electron chi connectivity index (χ1n) is 8.72. The third kappa shape index (κ3) is 4.88. The van der Waals surface area contributed by atoms with Gasteiger partial charge in [-0.3, -0.25) is 9.59 Å². The van der Waals surface area contributed by atoms with Gasteiger partial charge in [-0.25, -0.2) is 9.07 Å². The van der Waals surface area contributed by atoms with Gasteiger partial charge in [-0.1, -0.05) is 29.8 Å². The highest BCUT2D eigenvalue weighted by molar-refractivity contribution is 5.94. The normalized spacial score (nSPS) is 10.6. The minimum absolute atomic E-state index is 0.185. The van der Waals surface area contributed by atoms with Gasteiger partial charge in [0, 0.05) is 30.3 Å². The van der Waals surface area contributed by atoms with E-state index in [0.717, 1.165) is 16.8 Å². The number of halogens is 1. The highest BCUT2D eigenvalue weighted by Crippen LogP contribution is 2.15. The molecule has 3 aromatic rings. The van der Waals surface area contributed by atoms with Crippen molar-refractivity contribution >= 4 is 5.91 Å². The highest BCUT2D eigenvalue weighted by atomic mass is 19.1. The molecule has 1 heterocycles. The lowest BCUT2D eigenvalue weighted by Crippen LogP contribution is -2.28. The summed E-state index contributed by atoms with van der Waals surface area (Å²) in [5.41, 5.74) is 3.04. The van der Waals surface area contributed by atoms with E-state index in [9.17, 15) is 14.0 Å². The zero-order valence-electron chi connectivity index (χ0n) is 15.0. The standard InChI is InChI=1S/C21H20FN3O2/c1-15-3-5-16(6-4-15)19-11-12-20(26)25(24-19)14-2-13-23-21(27)17-7-9-18(22)10-8-17/h3-12H,2,13-14H2,1H3,(H,23,27). The lowest BCUT2D eigenvalue weighted by molar-refractivity contribution is 0.0952. The zero-order valence-corrected chi connectivity index (χ0v) is 15.0. The van der Waals surface area contributed by atoms with Crippen LogP contribution in [0.1, 0.15) is 22.3 Å². The molecule has 5 nitrogen and oxygen atoms in total. The molecule has 1 amide bonds. The number of aryl methyl sites for hydroxylation is 2. The van der Waals surface area contributed by atoms with Crippen LogP contribution in [0.15, 0.2) is 65.5 Å². The molecule has 3 rings (SSSR count). The summed E-state index contributed by atoms with van der Waals surface area (Å²) in [5.74, 6) is -0.658. The van der Waals surface area contributed by atoms with Crippen molar-refractivity contribution in [1.82, 2.24) is 15.1 Å². The molecule has 0 aliphatic heterocycles. The minimum atomic E-state index is -0.384. The first-order chi connectivity index (χ1) is 13.0. The molecule has 0 atom stereocenters. The van der Waals surface area contributed by atoms with Gasteiger partial charge in [-0.2, -0.15) is 5.10 Å². The van der Waals surface area contributed by atoms with E-state index in [-0.39, 0.29) is 17.3 Å². The van der Waals surface area contributed by atoms with Gasteiger partial charge in [0.05, 0.1) is 5.69 Å². The van der Waals surface area contributed by atoms with E-state index in [1.807, 2.05) is 31.2 Å². The number of hydrogen-bond acceptors (Lipinski definition) is 3. The number of benzene rings is 2. The topological polar surface area (TPSA) is 64.0 Å². The van der Waals surface area contributed by atoms with Crippen LogP contribution in [0, 0.1) is 12.7 Å². The van der Waals surface area contributed by atoms with E-state index in [4.69, 9.17) is 0 Å². The van der Waals surface area contributed by atoms with Gasteiger partial charge in [0.1, 0.15) is 5.82 Å². The van der Waals surface area contributed by atoms with Crippen LogP contribution in [-0.2, 0) is 6.54 Å². The Hall–Kier alpha value is -3.28. The first kappa shape index (κ1) is 18.5. The molecule has 0 aliphatic carbocycles. The van der Waals surface area contributed by atoms with Crippen molar-refractivity contribution in [2.24, 2.45) is 0 Å². The number of aromatic nitrogens is 2. The van der Waals surface area contributed by atoms with Crippen LogP contribution in [0.2, 0.25) is 0 Å². The summed E-state index contributed by atoms with van der Waals surface area (Å²) in [7, 11) is 0. The third-order valence-electron chi connectivity index (χ3n) is 4.15. The largest absolute Gasteiger partial charge is 0.352 e. The van der Waals surface area contributed by atoms with Gasteiger partial charge < -0.3 is 5.32 Å². The second-order valence-corrected chi connectivity index (χ2v) is 6.26. The molecule has 2 aromatic carbocycles. The maximum absolute atomic E-state index is 12.9. The smallest absolute Gasteiger partial charge is 0.266 e. The SMILES string of the molecule is Cc1ccc(-c2ccc(=O)n(CCCNC(=O)c3ccc(F)cc3)n2)cc1. The Balaban J connectivity index is 1.58. The number of nitrogens with zero attached hydrogens (tertiary/aromatic N) is 2. The molecule has 0 fully saturated rings. The quantitative estimate of drug-likeness (QED) is 0.683. The van der Waals surface area contributed by atoms with Crippen LogP contribution in [0.3, 0.4) is 0 Å². The van der Waals surface area contributed by atoms with E-state index >= 15 is 0 Å². The van der Waals surface area contributed by atoms with Crippen LogP contribution in [0.5, 0.6) is 0 Å². The molecule has 0 radical (unpaired) electrons. The first-order valence-corrected chi connectivity index (χ1v) is 8.72. The van der Waals surface area contributed by atoms with Crippen molar-refractivity contribution in [3.8, 4) is 11.3 Å². The van der Waals surface area contributed by atoms with E-state index in [0.29, 0.717) is 25.1 Å².